The minimum Gasteiger partial charge on any atom is -0.492 e. The predicted octanol–water partition coefficient (Wildman–Crippen LogP) is 6.97. The van der Waals surface area contributed by atoms with Gasteiger partial charge in [0.05, 0.1) is 17.2 Å². The van der Waals surface area contributed by atoms with E-state index in [9.17, 15) is 22.4 Å². The van der Waals surface area contributed by atoms with Crippen LogP contribution >= 0.6 is 34.8 Å². The van der Waals surface area contributed by atoms with E-state index in [4.69, 9.17) is 54.5 Å². The first kappa shape index (κ1) is 30.0. The van der Waals surface area contributed by atoms with Crippen molar-refractivity contribution in [1.82, 2.24) is 4.90 Å². The minimum absolute atomic E-state index is 0.0905. The van der Waals surface area contributed by atoms with Crippen LogP contribution in [0.1, 0.15) is 41.7 Å². The highest BCUT2D eigenvalue weighted by atomic mass is 35.5. The zero-order valence-electron chi connectivity index (χ0n) is 18.8. The minimum atomic E-state index is -5.08. The molecule has 36 heavy (non-hydrogen) atoms. The van der Waals surface area contributed by atoms with Crippen LogP contribution in [0.3, 0.4) is 0 Å². The molecule has 0 aromatic heterocycles. The summed E-state index contributed by atoms with van der Waals surface area (Å²) in [4.78, 5) is 22.2. The molecule has 1 saturated heterocycles. The Morgan fingerprint density at radius 1 is 1.06 bits per heavy atom. The molecular weight excluding hydrogens is 553 g/mol. The second-order valence-corrected chi connectivity index (χ2v) is 9.32. The van der Waals surface area contributed by atoms with Gasteiger partial charge in [-0.05, 0) is 68.6 Å². The molecular formula is C23H22Cl3F4NO5. The van der Waals surface area contributed by atoms with Crippen LogP contribution in [0.4, 0.5) is 17.6 Å². The van der Waals surface area contributed by atoms with Crippen LogP contribution < -0.4 is 4.74 Å². The molecule has 3 rings (SSSR count). The average Bonchev–Trinajstić information content (AvgIpc) is 2.78. The summed E-state index contributed by atoms with van der Waals surface area (Å²) in [5, 5.41) is 17.4. The number of aliphatic carboxylic acids is 1. The maximum absolute atomic E-state index is 13.9. The number of benzene rings is 2. The van der Waals surface area contributed by atoms with Gasteiger partial charge in [0.15, 0.2) is 0 Å². The summed E-state index contributed by atoms with van der Waals surface area (Å²) < 4.78 is 51.3. The molecule has 2 aromatic carbocycles. The molecule has 2 aromatic rings. The van der Waals surface area contributed by atoms with Crippen molar-refractivity contribution in [2.45, 2.75) is 32.0 Å². The average molecular weight is 575 g/mol. The van der Waals surface area contributed by atoms with E-state index in [0.717, 1.165) is 43.6 Å². The Kier molecular flexibility index (Phi) is 10.7. The van der Waals surface area contributed by atoms with Gasteiger partial charge in [-0.3, -0.25) is 4.90 Å². The zero-order valence-corrected chi connectivity index (χ0v) is 21.1. The molecule has 1 fully saturated rings. The van der Waals surface area contributed by atoms with E-state index in [2.05, 4.69) is 11.8 Å². The zero-order chi connectivity index (χ0) is 27.2. The lowest BCUT2D eigenvalue weighted by molar-refractivity contribution is -0.192. The maximum atomic E-state index is 13.9. The summed E-state index contributed by atoms with van der Waals surface area (Å²) in [6.07, 6.45) is -3.24. The third-order valence-electron chi connectivity index (χ3n) is 5.53. The molecule has 0 amide bonds. The lowest BCUT2D eigenvalue weighted by atomic mass is 9.95. The van der Waals surface area contributed by atoms with Crippen molar-refractivity contribution in [2.75, 3.05) is 19.7 Å². The molecule has 0 saturated carbocycles. The Morgan fingerprint density at radius 2 is 1.58 bits per heavy atom. The summed E-state index contributed by atoms with van der Waals surface area (Å²) in [5.41, 5.74) is 0.615. The van der Waals surface area contributed by atoms with Gasteiger partial charge in [0.1, 0.15) is 11.6 Å². The number of halogens is 7. The first-order chi connectivity index (χ1) is 16.7. The van der Waals surface area contributed by atoms with Crippen molar-refractivity contribution in [3.05, 3.63) is 62.3 Å². The molecule has 6 nitrogen and oxygen atoms in total. The van der Waals surface area contributed by atoms with Gasteiger partial charge in [-0.1, -0.05) is 34.8 Å². The highest BCUT2D eigenvalue weighted by Crippen LogP contribution is 2.32. The van der Waals surface area contributed by atoms with Crippen LogP contribution in [0.25, 0.3) is 0 Å². The Hall–Kier alpha value is -2.27. The van der Waals surface area contributed by atoms with Gasteiger partial charge >= 0.3 is 18.1 Å². The molecule has 1 heterocycles. The van der Waals surface area contributed by atoms with Crippen molar-refractivity contribution in [3.8, 4) is 5.75 Å². The third-order valence-corrected chi connectivity index (χ3v) is 6.26. The molecule has 2 N–H and O–H groups in total. The molecule has 0 spiro atoms. The van der Waals surface area contributed by atoms with E-state index < -0.39 is 29.5 Å². The number of hydrogen-bond donors (Lipinski definition) is 2. The van der Waals surface area contributed by atoms with Crippen LogP contribution in [0, 0.1) is 11.7 Å². The van der Waals surface area contributed by atoms with E-state index in [1.165, 1.54) is 0 Å². The van der Waals surface area contributed by atoms with Gasteiger partial charge < -0.3 is 14.9 Å². The van der Waals surface area contributed by atoms with Gasteiger partial charge in [-0.2, -0.15) is 13.2 Å². The smallest absolute Gasteiger partial charge is 0.490 e. The number of carboxylic acid groups (broad SMARTS) is 2. The monoisotopic (exact) mass is 573 g/mol. The largest absolute Gasteiger partial charge is 0.492 e. The number of piperidine rings is 1. The Morgan fingerprint density at radius 3 is 2.06 bits per heavy atom. The number of ether oxygens (including phenoxy) is 1. The molecule has 0 radical (unpaired) electrons. The van der Waals surface area contributed by atoms with Gasteiger partial charge in [0.25, 0.3) is 0 Å². The Labute approximate surface area is 219 Å². The van der Waals surface area contributed by atoms with Crippen molar-refractivity contribution in [2.24, 2.45) is 5.92 Å². The van der Waals surface area contributed by atoms with Crippen LogP contribution in [0.5, 0.6) is 5.75 Å². The summed E-state index contributed by atoms with van der Waals surface area (Å²) >= 11 is 18.3. The lowest BCUT2D eigenvalue weighted by Gasteiger charge is -2.36. The normalized spacial score (nSPS) is 15.6. The Balaban J connectivity index is 0.000000572. The second kappa shape index (κ2) is 12.8. The summed E-state index contributed by atoms with van der Waals surface area (Å²) in [7, 11) is 0. The van der Waals surface area contributed by atoms with E-state index >= 15 is 0 Å². The van der Waals surface area contributed by atoms with Gasteiger partial charge in [0, 0.05) is 22.2 Å². The van der Waals surface area contributed by atoms with Crippen LogP contribution in [-0.4, -0.2) is 52.9 Å². The van der Waals surface area contributed by atoms with Crippen molar-refractivity contribution in [1.29, 1.82) is 0 Å². The topological polar surface area (TPSA) is 87.1 Å². The van der Waals surface area contributed by atoms with Crippen molar-refractivity contribution >= 4 is 46.7 Å². The highest BCUT2D eigenvalue weighted by Gasteiger charge is 2.38. The van der Waals surface area contributed by atoms with Crippen LogP contribution in [0.15, 0.2) is 30.3 Å². The first-order valence-electron chi connectivity index (χ1n) is 10.5. The quantitative estimate of drug-likeness (QED) is 0.363. The molecule has 1 atom stereocenters. The summed E-state index contributed by atoms with van der Waals surface area (Å²) in [6, 6.07) is 7.90. The number of carbonyl (C=O) groups is 2. The number of hydrogen-bond acceptors (Lipinski definition) is 4. The number of aromatic carboxylic acids is 1. The number of alkyl halides is 3. The molecule has 0 aliphatic carbocycles. The summed E-state index contributed by atoms with van der Waals surface area (Å²) in [6.45, 7) is 4.31. The molecule has 1 aliphatic heterocycles. The lowest BCUT2D eigenvalue weighted by Crippen LogP contribution is -2.37. The Bertz CT molecular complexity index is 1070. The third kappa shape index (κ3) is 8.69. The number of carboxylic acids is 2. The second-order valence-electron chi connectivity index (χ2n) is 8.04. The van der Waals surface area contributed by atoms with Gasteiger partial charge in [-0.15, -0.1) is 0 Å². The maximum Gasteiger partial charge on any atom is 0.490 e. The van der Waals surface area contributed by atoms with Crippen molar-refractivity contribution < 1.29 is 42.1 Å². The number of nitrogens with zero attached hydrogens (tertiary/aromatic N) is 1. The van der Waals surface area contributed by atoms with Gasteiger partial charge in [-0.25, -0.2) is 14.0 Å². The SMILES string of the molecule is CC(c1cc(Cl)cc(Cl)c1)N1CCC(COc2cc(F)c(C(=O)O)cc2Cl)CC1.O=C(O)C(F)(F)F. The molecule has 198 valence electrons. The fourth-order valence-corrected chi connectivity index (χ4v) is 4.31. The van der Waals surface area contributed by atoms with Crippen LogP contribution in [-0.2, 0) is 4.79 Å². The van der Waals surface area contributed by atoms with E-state index in [-0.39, 0.29) is 16.8 Å². The summed E-state index contributed by atoms with van der Waals surface area (Å²) in [5.74, 6) is -4.51. The molecule has 0 bridgehead atoms. The fourth-order valence-electron chi connectivity index (χ4n) is 3.54. The highest BCUT2D eigenvalue weighted by molar-refractivity contribution is 6.34. The van der Waals surface area contributed by atoms with E-state index in [0.29, 0.717) is 22.6 Å². The van der Waals surface area contributed by atoms with E-state index in [1.54, 1.807) is 6.07 Å². The van der Waals surface area contributed by atoms with Crippen LogP contribution in [0.2, 0.25) is 15.1 Å². The fraction of sp³-hybridized carbons (Fsp3) is 0.391. The molecule has 1 unspecified atom stereocenters. The van der Waals surface area contributed by atoms with E-state index in [1.807, 2.05) is 12.1 Å². The van der Waals surface area contributed by atoms with Crippen molar-refractivity contribution in [3.63, 3.8) is 0 Å². The first-order valence-corrected chi connectivity index (χ1v) is 11.7. The predicted molar refractivity (Wildman–Crippen MR) is 127 cm³/mol. The molecule has 1 aliphatic rings. The number of rotatable bonds is 6. The standard InChI is InChI=1S/C21H21Cl3FNO3.C2HF3O2/c1-12(14-6-15(22)8-16(23)7-14)26-4-2-13(3-5-26)11-29-20-10-19(25)17(21(27)28)9-18(20)24;3-2(4,5)1(6)7/h6-10,12-13H,2-5,11H2,1H3,(H,27,28);(H,6,7). The molecule has 13 heteroatoms. The number of likely N-dealkylation sites (tertiary alicyclic amines) is 1. The van der Waals surface area contributed by atoms with Gasteiger partial charge in [0.2, 0.25) is 0 Å².